The van der Waals surface area contributed by atoms with Crippen LogP contribution in [0.25, 0.3) is 82.7 Å². The zero-order valence-corrected chi connectivity index (χ0v) is 23.5. The molecule has 0 bridgehead atoms. The Bertz CT molecular complexity index is 2520. The molecule has 0 fully saturated rings. The second-order valence-electron chi connectivity index (χ2n) is 11.0. The lowest BCUT2D eigenvalue weighted by Crippen LogP contribution is -1.98. The van der Waals surface area contributed by atoms with Gasteiger partial charge in [-0.05, 0) is 55.0 Å². The number of para-hydroxylation sites is 4. The second kappa shape index (κ2) is 9.13. The van der Waals surface area contributed by atoms with Crippen LogP contribution < -0.4 is 0 Å². The first kappa shape index (κ1) is 23.9. The van der Waals surface area contributed by atoms with Gasteiger partial charge >= 0.3 is 0 Å². The minimum Gasteiger partial charge on any atom is -0.456 e. The van der Waals surface area contributed by atoms with Crippen molar-refractivity contribution in [3.8, 4) is 28.1 Å². The first-order valence-electron chi connectivity index (χ1n) is 14.5. The molecule has 3 heterocycles. The van der Waals surface area contributed by atoms with E-state index in [1.165, 1.54) is 10.9 Å². The Morgan fingerprint density at radius 3 is 2.14 bits per heavy atom. The average Bonchev–Trinajstić information content (AvgIpc) is 3.60. The number of furan rings is 1. The molecule has 3 aromatic heterocycles. The van der Waals surface area contributed by atoms with E-state index in [0.717, 1.165) is 77.6 Å². The maximum absolute atomic E-state index is 6.53. The standard InChI is InChI=1S/C39H25N3O/c1-24-40-32-19-8-9-20-33(32)42(24)27-15-11-14-26(22-27)39-30-23-35-38(29-17-6-10-21-34(29)43-35)36(25-12-3-2-4-13-25)37(30)28-16-5-7-18-31(28)41-39/h2-23H,1H3. The largest absolute Gasteiger partial charge is 0.456 e. The molecule has 0 aliphatic carbocycles. The van der Waals surface area contributed by atoms with Crippen molar-refractivity contribution in [3.63, 3.8) is 0 Å². The normalized spacial score (nSPS) is 11.8. The SMILES string of the molecule is Cc1nc2ccccc2n1-c1cccc(-c2nc3ccccc3c3c(-c4ccccc4)c4c(cc23)oc2ccccc24)c1. The van der Waals surface area contributed by atoms with E-state index in [9.17, 15) is 0 Å². The lowest BCUT2D eigenvalue weighted by molar-refractivity contribution is 0.669. The van der Waals surface area contributed by atoms with E-state index < -0.39 is 0 Å². The van der Waals surface area contributed by atoms with Crippen molar-refractivity contribution in [2.45, 2.75) is 6.92 Å². The number of fused-ring (bicyclic) bond motifs is 7. The maximum atomic E-state index is 6.53. The molecule has 0 aliphatic heterocycles. The highest BCUT2D eigenvalue weighted by molar-refractivity contribution is 6.27. The molecule has 0 saturated carbocycles. The predicted octanol–water partition coefficient (Wildman–Crippen LogP) is 10.3. The van der Waals surface area contributed by atoms with Crippen molar-refractivity contribution in [1.82, 2.24) is 14.5 Å². The molecule has 4 heteroatoms. The van der Waals surface area contributed by atoms with E-state index in [0.29, 0.717) is 0 Å². The van der Waals surface area contributed by atoms with Crippen molar-refractivity contribution in [1.29, 1.82) is 0 Å². The Morgan fingerprint density at radius 1 is 0.535 bits per heavy atom. The van der Waals surface area contributed by atoms with Gasteiger partial charge in [-0.15, -0.1) is 0 Å². The molecular formula is C39H25N3O. The van der Waals surface area contributed by atoms with E-state index >= 15 is 0 Å². The summed E-state index contributed by atoms with van der Waals surface area (Å²) in [5.74, 6) is 0.949. The maximum Gasteiger partial charge on any atom is 0.136 e. The lowest BCUT2D eigenvalue weighted by atomic mass is 9.89. The van der Waals surface area contributed by atoms with Crippen molar-refractivity contribution in [2.75, 3.05) is 0 Å². The molecule has 0 aliphatic rings. The number of hydrogen-bond donors (Lipinski definition) is 0. The highest BCUT2D eigenvalue weighted by Gasteiger charge is 2.21. The third kappa shape index (κ3) is 3.57. The van der Waals surface area contributed by atoms with Gasteiger partial charge in [0.05, 0.1) is 22.2 Å². The molecule has 0 unspecified atom stereocenters. The topological polar surface area (TPSA) is 43.9 Å². The molecular weight excluding hydrogens is 526 g/mol. The smallest absolute Gasteiger partial charge is 0.136 e. The molecule has 9 rings (SSSR count). The van der Waals surface area contributed by atoms with Crippen LogP contribution in [0.3, 0.4) is 0 Å². The van der Waals surface area contributed by atoms with Gasteiger partial charge in [-0.2, -0.15) is 0 Å². The minimum absolute atomic E-state index is 0.860. The van der Waals surface area contributed by atoms with Gasteiger partial charge in [0.15, 0.2) is 0 Å². The fourth-order valence-corrected chi connectivity index (χ4v) is 6.69. The van der Waals surface area contributed by atoms with Crippen LogP contribution in [-0.4, -0.2) is 14.5 Å². The molecule has 0 amide bonds. The summed E-state index contributed by atoms with van der Waals surface area (Å²) >= 11 is 0. The summed E-state index contributed by atoms with van der Waals surface area (Å²) in [7, 11) is 0. The molecule has 0 spiro atoms. The number of imidazole rings is 1. The van der Waals surface area contributed by atoms with Gasteiger partial charge in [-0.1, -0.05) is 91.0 Å². The molecule has 202 valence electrons. The molecule has 0 atom stereocenters. The first-order valence-corrected chi connectivity index (χ1v) is 14.5. The first-order chi connectivity index (χ1) is 21.2. The Morgan fingerprint density at radius 2 is 1.26 bits per heavy atom. The van der Waals surface area contributed by atoms with Crippen LogP contribution >= 0.6 is 0 Å². The highest BCUT2D eigenvalue weighted by Crippen LogP contribution is 2.46. The van der Waals surface area contributed by atoms with Gasteiger partial charge in [-0.3, -0.25) is 4.57 Å². The van der Waals surface area contributed by atoms with Crippen LogP contribution in [0.15, 0.2) is 138 Å². The third-order valence-electron chi connectivity index (χ3n) is 8.50. The monoisotopic (exact) mass is 551 g/mol. The zero-order valence-electron chi connectivity index (χ0n) is 23.5. The van der Waals surface area contributed by atoms with E-state index in [-0.39, 0.29) is 0 Å². The van der Waals surface area contributed by atoms with Crippen LogP contribution in [0.2, 0.25) is 0 Å². The summed E-state index contributed by atoms with van der Waals surface area (Å²) in [5.41, 5.74) is 10.1. The molecule has 4 nitrogen and oxygen atoms in total. The van der Waals surface area contributed by atoms with Crippen LogP contribution in [-0.2, 0) is 0 Å². The van der Waals surface area contributed by atoms with Crippen molar-refractivity contribution >= 4 is 54.6 Å². The van der Waals surface area contributed by atoms with E-state index in [1.807, 2.05) is 18.2 Å². The summed E-state index contributed by atoms with van der Waals surface area (Å²) in [4.78, 5) is 10.1. The van der Waals surface area contributed by atoms with Gasteiger partial charge in [0.2, 0.25) is 0 Å². The van der Waals surface area contributed by atoms with E-state index in [1.54, 1.807) is 0 Å². The van der Waals surface area contributed by atoms with E-state index in [2.05, 4.69) is 127 Å². The molecule has 0 saturated heterocycles. The van der Waals surface area contributed by atoms with Gasteiger partial charge in [0.25, 0.3) is 0 Å². The van der Waals surface area contributed by atoms with Gasteiger partial charge in [-0.25, -0.2) is 9.97 Å². The third-order valence-corrected chi connectivity index (χ3v) is 8.50. The summed E-state index contributed by atoms with van der Waals surface area (Å²) in [5, 5.41) is 5.62. The number of benzene rings is 6. The van der Waals surface area contributed by atoms with Crippen LogP contribution in [0.1, 0.15) is 5.82 Å². The Balaban J connectivity index is 1.43. The summed E-state index contributed by atoms with van der Waals surface area (Å²) in [6.07, 6.45) is 0. The highest BCUT2D eigenvalue weighted by atomic mass is 16.3. The van der Waals surface area contributed by atoms with Gasteiger partial charge in [0.1, 0.15) is 17.0 Å². The Labute approximate surface area is 247 Å². The van der Waals surface area contributed by atoms with Crippen molar-refractivity contribution < 1.29 is 4.42 Å². The lowest BCUT2D eigenvalue weighted by Gasteiger charge is -2.16. The number of aryl methyl sites for hydroxylation is 1. The Hall–Kier alpha value is -5.74. The molecule has 9 aromatic rings. The van der Waals surface area contributed by atoms with Crippen molar-refractivity contribution in [2.24, 2.45) is 0 Å². The number of pyridine rings is 1. The number of hydrogen-bond acceptors (Lipinski definition) is 3. The second-order valence-corrected chi connectivity index (χ2v) is 11.0. The molecule has 0 radical (unpaired) electrons. The van der Waals surface area contributed by atoms with Gasteiger partial charge in [0, 0.05) is 43.7 Å². The number of aromatic nitrogens is 3. The van der Waals surface area contributed by atoms with Crippen LogP contribution in [0.5, 0.6) is 0 Å². The molecule has 0 N–H and O–H groups in total. The summed E-state index contributed by atoms with van der Waals surface area (Å²) in [6.45, 7) is 2.06. The fraction of sp³-hybridized carbons (Fsp3) is 0.0256. The molecule has 6 aromatic carbocycles. The summed E-state index contributed by atoms with van der Waals surface area (Å²) < 4.78 is 8.75. The number of rotatable bonds is 3. The van der Waals surface area contributed by atoms with Crippen LogP contribution in [0, 0.1) is 6.92 Å². The van der Waals surface area contributed by atoms with E-state index in [4.69, 9.17) is 14.4 Å². The number of nitrogens with zero attached hydrogens (tertiary/aromatic N) is 3. The van der Waals surface area contributed by atoms with Crippen molar-refractivity contribution in [3.05, 3.63) is 139 Å². The van der Waals surface area contributed by atoms with Crippen LogP contribution in [0.4, 0.5) is 0 Å². The quantitative estimate of drug-likeness (QED) is 0.205. The van der Waals surface area contributed by atoms with Gasteiger partial charge < -0.3 is 4.42 Å². The summed E-state index contributed by atoms with van der Waals surface area (Å²) in [6, 6.07) is 46.5. The Kier molecular flexibility index (Phi) is 5.08. The average molecular weight is 552 g/mol. The fourth-order valence-electron chi connectivity index (χ4n) is 6.69. The zero-order chi connectivity index (χ0) is 28.5. The minimum atomic E-state index is 0.860. The predicted molar refractivity (Wildman–Crippen MR) is 177 cm³/mol. The molecule has 43 heavy (non-hydrogen) atoms.